The number of nitrogens with zero attached hydrogens (tertiary/aromatic N) is 5. The molecule has 0 saturated heterocycles. The molecule has 2 heterocycles. The van der Waals surface area contributed by atoms with Gasteiger partial charge in [-0.2, -0.15) is 4.98 Å². The van der Waals surface area contributed by atoms with E-state index in [4.69, 9.17) is 10.5 Å². The summed E-state index contributed by atoms with van der Waals surface area (Å²) >= 11 is 0. The summed E-state index contributed by atoms with van der Waals surface area (Å²) in [5, 5.41) is 3.99. The first kappa shape index (κ1) is 10.5. The third-order valence-corrected chi connectivity index (χ3v) is 2.33. The topological polar surface area (TPSA) is 91.7 Å². The van der Waals surface area contributed by atoms with Gasteiger partial charge in [0.2, 0.25) is 0 Å². The minimum atomic E-state index is 0.189. The zero-order chi connectivity index (χ0) is 12.5. The van der Waals surface area contributed by atoms with E-state index in [1.54, 1.807) is 7.05 Å². The molecule has 3 rings (SSSR count). The fourth-order valence-corrected chi connectivity index (χ4v) is 1.53. The van der Waals surface area contributed by atoms with Crippen LogP contribution in [0.25, 0.3) is 11.0 Å². The van der Waals surface area contributed by atoms with E-state index in [0.717, 1.165) is 5.52 Å². The number of ether oxygens (including phenoxy) is 1. The van der Waals surface area contributed by atoms with E-state index in [-0.39, 0.29) is 17.7 Å². The number of rotatable bonds is 2. The molecule has 0 bridgehead atoms. The molecule has 3 aromatic rings. The Hall–Kier alpha value is -2.70. The van der Waals surface area contributed by atoms with Crippen LogP contribution in [-0.2, 0) is 7.05 Å². The summed E-state index contributed by atoms with van der Waals surface area (Å²) in [5.41, 5.74) is 7.21. The lowest BCUT2D eigenvalue weighted by atomic mass is 10.3. The highest BCUT2D eigenvalue weighted by atomic mass is 16.5. The van der Waals surface area contributed by atoms with Crippen molar-refractivity contribution < 1.29 is 4.74 Å². The van der Waals surface area contributed by atoms with Crippen LogP contribution in [0.2, 0.25) is 0 Å². The van der Waals surface area contributed by atoms with E-state index >= 15 is 0 Å². The Kier molecular flexibility index (Phi) is 2.30. The highest BCUT2D eigenvalue weighted by Crippen LogP contribution is 2.23. The van der Waals surface area contributed by atoms with Crippen LogP contribution in [-0.4, -0.2) is 24.7 Å². The quantitative estimate of drug-likeness (QED) is 0.724. The van der Waals surface area contributed by atoms with Crippen LogP contribution in [0.3, 0.4) is 0 Å². The summed E-state index contributed by atoms with van der Waals surface area (Å²) in [6.45, 7) is 0. The van der Waals surface area contributed by atoms with Gasteiger partial charge < -0.3 is 10.5 Å². The van der Waals surface area contributed by atoms with Gasteiger partial charge in [0.25, 0.3) is 5.88 Å². The number of hydrogen-bond acceptors (Lipinski definition) is 6. The van der Waals surface area contributed by atoms with E-state index in [2.05, 4.69) is 20.1 Å². The lowest BCUT2D eigenvalue weighted by Crippen LogP contribution is -2.00. The predicted octanol–water partition coefficient (Wildman–Crippen LogP) is 1.13. The molecule has 0 unspecified atom stereocenters. The largest absolute Gasteiger partial charge is 0.400 e. The van der Waals surface area contributed by atoms with Gasteiger partial charge >= 0.3 is 6.01 Å². The van der Waals surface area contributed by atoms with Gasteiger partial charge in [-0.25, -0.2) is 9.97 Å². The van der Waals surface area contributed by atoms with Crippen LogP contribution in [0.1, 0.15) is 0 Å². The standard InChI is InChI=1S/C11H10N6O/c1-17-6-13-11(16-17)18-10-9(12)14-7-4-2-3-5-8(7)15-10/h2-6H,1H3,(H2,12,14). The molecule has 7 nitrogen and oxygen atoms in total. The Morgan fingerprint density at radius 3 is 2.56 bits per heavy atom. The number of para-hydroxylation sites is 2. The van der Waals surface area contributed by atoms with Crippen molar-refractivity contribution in [3.63, 3.8) is 0 Å². The van der Waals surface area contributed by atoms with Gasteiger partial charge in [-0.3, -0.25) is 4.68 Å². The van der Waals surface area contributed by atoms with E-state index < -0.39 is 0 Å². The number of benzene rings is 1. The van der Waals surface area contributed by atoms with Gasteiger partial charge in [-0.1, -0.05) is 12.1 Å². The number of aromatic nitrogens is 5. The van der Waals surface area contributed by atoms with E-state index in [1.807, 2.05) is 24.3 Å². The molecule has 0 spiro atoms. The molecule has 0 saturated carbocycles. The van der Waals surface area contributed by atoms with E-state index in [0.29, 0.717) is 5.52 Å². The van der Waals surface area contributed by atoms with Crippen molar-refractivity contribution in [3.05, 3.63) is 30.6 Å². The second-order valence-electron chi connectivity index (χ2n) is 3.71. The second kappa shape index (κ2) is 3.95. The SMILES string of the molecule is Cn1cnc(Oc2nc3ccccc3nc2N)n1. The first-order valence-corrected chi connectivity index (χ1v) is 5.28. The van der Waals surface area contributed by atoms with Gasteiger partial charge in [-0.05, 0) is 12.1 Å². The van der Waals surface area contributed by atoms with Gasteiger partial charge in [0, 0.05) is 7.05 Å². The monoisotopic (exact) mass is 242 g/mol. The molecule has 18 heavy (non-hydrogen) atoms. The predicted molar refractivity (Wildman–Crippen MR) is 65.0 cm³/mol. The zero-order valence-corrected chi connectivity index (χ0v) is 9.61. The van der Waals surface area contributed by atoms with Gasteiger partial charge in [-0.15, -0.1) is 5.10 Å². The molecule has 0 radical (unpaired) electrons. The summed E-state index contributed by atoms with van der Waals surface area (Å²) in [4.78, 5) is 12.4. The minimum Gasteiger partial charge on any atom is -0.400 e. The van der Waals surface area contributed by atoms with Crippen LogP contribution in [0.4, 0.5) is 5.82 Å². The van der Waals surface area contributed by atoms with Crippen molar-refractivity contribution in [1.82, 2.24) is 24.7 Å². The molecule has 2 N–H and O–H groups in total. The number of fused-ring (bicyclic) bond motifs is 1. The lowest BCUT2D eigenvalue weighted by Gasteiger charge is -2.04. The minimum absolute atomic E-state index is 0.189. The van der Waals surface area contributed by atoms with Crippen LogP contribution < -0.4 is 10.5 Å². The first-order valence-electron chi connectivity index (χ1n) is 5.28. The summed E-state index contributed by atoms with van der Waals surface area (Å²) in [5.74, 6) is 0.418. The van der Waals surface area contributed by atoms with Gasteiger partial charge in [0.1, 0.15) is 6.33 Å². The van der Waals surface area contributed by atoms with Crippen LogP contribution in [0.15, 0.2) is 30.6 Å². The van der Waals surface area contributed by atoms with Gasteiger partial charge in [0.05, 0.1) is 11.0 Å². The third-order valence-electron chi connectivity index (χ3n) is 2.33. The number of nitrogen functional groups attached to an aromatic ring is 1. The zero-order valence-electron chi connectivity index (χ0n) is 9.61. The fourth-order valence-electron chi connectivity index (χ4n) is 1.53. The molecule has 0 aliphatic heterocycles. The van der Waals surface area contributed by atoms with Crippen molar-refractivity contribution in [2.75, 3.05) is 5.73 Å². The maximum atomic E-state index is 5.78. The van der Waals surface area contributed by atoms with Crippen LogP contribution >= 0.6 is 0 Å². The number of nitrogens with two attached hydrogens (primary N) is 1. The maximum absolute atomic E-state index is 5.78. The number of aryl methyl sites for hydroxylation is 1. The molecule has 0 aliphatic rings. The molecular weight excluding hydrogens is 232 g/mol. The van der Waals surface area contributed by atoms with E-state index in [9.17, 15) is 0 Å². The number of anilines is 1. The van der Waals surface area contributed by atoms with Crippen molar-refractivity contribution in [2.24, 2.45) is 7.05 Å². The highest BCUT2D eigenvalue weighted by Gasteiger charge is 2.10. The maximum Gasteiger partial charge on any atom is 0.342 e. The Labute approximate surface area is 102 Å². The lowest BCUT2D eigenvalue weighted by molar-refractivity contribution is 0.425. The fraction of sp³-hybridized carbons (Fsp3) is 0.0909. The Balaban J connectivity index is 2.03. The van der Waals surface area contributed by atoms with Crippen molar-refractivity contribution >= 4 is 16.9 Å². The third kappa shape index (κ3) is 1.81. The molecule has 0 amide bonds. The molecule has 90 valence electrons. The average molecular weight is 242 g/mol. The Morgan fingerprint density at radius 2 is 1.89 bits per heavy atom. The van der Waals surface area contributed by atoms with Crippen molar-refractivity contribution in [3.8, 4) is 11.9 Å². The molecule has 2 aromatic heterocycles. The Morgan fingerprint density at radius 1 is 1.17 bits per heavy atom. The van der Waals surface area contributed by atoms with Crippen molar-refractivity contribution in [1.29, 1.82) is 0 Å². The molecular formula is C11H10N6O. The van der Waals surface area contributed by atoms with Gasteiger partial charge in [0.15, 0.2) is 5.82 Å². The summed E-state index contributed by atoms with van der Waals surface area (Å²) in [6, 6.07) is 7.60. The average Bonchev–Trinajstić information content (AvgIpc) is 2.76. The smallest absolute Gasteiger partial charge is 0.342 e. The normalized spacial score (nSPS) is 10.7. The van der Waals surface area contributed by atoms with Crippen molar-refractivity contribution in [2.45, 2.75) is 0 Å². The highest BCUT2D eigenvalue weighted by molar-refractivity contribution is 5.76. The molecule has 1 aromatic carbocycles. The van der Waals surface area contributed by atoms with Crippen LogP contribution in [0, 0.1) is 0 Å². The summed E-state index contributed by atoms with van der Waals surface area (Å²) < 4.78 is 6.92. The molecule has 0 atom stereocenters. The summed E-state index contributed by atoms with van der Waals surface area (Å²) in [6.07, 6.45) is 1.53. The van der Waals surface area contributed by atoms with E-state index in [1.165, 1.54) is 11.0 Å². The second-order valence-corrected chi connectivity index (χ2v) is 3.71. The molecule has 0 aliphatic carbocycles. The summed E-state index contributed by atoms with van der Waals surface area (Å²) in [7, 11) is 1.75. The Bertz CT molecular complexity index is 708. The number of hydrogen-bond donors (Lipinski definition) is 1. The first-order chi connectivity index (χ1) is 8.72. The molecule has 7 heteroatoms. The van der Waals surface area contributed by atoms with Crippen LogP contribution in [0.5, 0.6) is 11.9 Å². The molecule has 0 fully saturated rings.